The first-order valence-corrected chi connectivity index (χ1v) is 8.01. The monoisotopic (exact) mass is 382 g/mol. The molecule has 2 saturated carbocycles. The van der Waals surface area contributed by atoms with Crippen molar-refractivity contribution in [3.05, 3.63) is 0 Å². The summed E-state index contributed by atoms with van der Waals surface area (Å²) in [5.74, 6) is -14.0. The van der Waals surface area contributed by atoms with Gasteiger partial charge in [0.05, 0.1) is 0 Å². The molecule has 0 heterocycles. The standard InChI is InChI=1S/C16H22F8O/c1-6-10(2,3)14(18,19)12(17)7-8-9(11(8,4)5)13(25,15(12,20)21)16(22,23)24/h8-9,25H,6-7H2,1-5H3. The first-order valence-electron chi connectivity index (χ1n) is 8.01. The van der Waals surface area contributed by atoms with E-state index >= 15 is 4.39 Å². The fourth-order valence-electron chi connectivity index (χ4n) is 4.32. The molecule has 0 spiro atoms. The SMILES string of the molecule is CCC(C)(C)C(F)(F)C1(F)CC2C(C2(C)C)C(O)(C(F)(F)F)C1(F)F. The van der Waals surface area contributed by atoms with Gasteiger partial charge in [-0.1, -0.05) is 34.6 Å². The summed E-state index contributed by atoms with van der Waals surface area (Å²) in [4.78, 5) is 0. The van der Waals surface area contributed by atoms with E-state index in [-0.39, 0.29) is 0 Å². The molecule has 0 amide bonds. The summed E-state index contributed by atoms with van der Waals surface area (Å²) in [6, 6.07) is 0. The first kappa shape index (κ1) is 20.7. The van der Waals surface area contributed by atoms with Gasteiger partial charge in [-0.2, -0.15) is 22.0 Å². The Balaban J connectivity index is 2.74. The number of alkyl halides is 8. The Morgan fingerprint density at radius 3 is 1.80 bits per heavy atom. The Hall–Kier alpha value is -0.600. The van der Waals surface area contributed by atoms with Crippen molar-refractivity contribution in [3.63, 3.8) is 0 Å². The predicted octanol–water partition coefficient (Wildman–Crippen LogP) is 5.37. The van der Waals surface area contributed by atoms with Crippen molar-refractivity contribution in [2.75, 3.05) is 0 Å². The van der Waals surface area contributed by atoms with E-state index in [1.165, 1.54) is 6.92 Å². The van der Waals surface area contributed by atoms with Crippen LogP contribution in [0, 0.1) is 22.7 Å². The molecule has 148 valence electrons. The summed E-state index contributed by atoms with van der Waals surface area (Å²) in [6.07, 6.45) is -7.84. The van der Waals surface area contributed by atoms with Gasteiger partial charge in [-0.15, -0.1) is 0 Å². The molecule has 2 aliphatic carbocycles. The van der Waals surface area contributed by atoms with Crippen LogP contribution in [0.4, 0.5) is 35.1 Å². The zero-order chi connectivity index (χ0) is 20.1. The summed E-state index contributed by atoms with van der Waals surface area (Å²) >= 11 is 0. The number of aliphatic hydroxyl groups is 1. The Bertz CT molecular complexity index is 567. The van der Waals surface area contributed by atoms with Gasteiger partial charge >= 0.3 is 12.1 Å². The van der Waals surface area contributed by atoms with Crippen molar-refractivity contribution in [1.29, 1.82) is 0 Å². The lowest BCUT2D eigenvalue weighted by Gasteiger charge is -2.53. The van der Waals surface area contributed by atoms with Crippen LogP contribution in [-0.2, 0) is 0 Å². The molecule has 0 aromatic carbocycles. The molecule has 2 aliphatic rings. The fraction of sp³-hybridized carbons (Fsp3) is 1.00. The zero-order valence-corrected chi connectivity index (χ0v) is 14.5. The molecule has 0 aliphatic heterocycles. The molecule has 4 atom stereocenters. The van der Waals surface area contributed by atoms with Crippen molar-refractivity contribution in [2.45, 2.75) is 76.8 Å². The summed E-state index contributed by atoms with van der Waals surface area (Å²) in [5, 5.41) is 9.97. The van der Waals surface area contributed by atoms with E-state index in [1.54, 1.807) is 0 Å². The van der Waals surface area contributed by atoms with Crippen molar-refractivity contribution in [2.24, 2.45) is 22.7 Å². The van der Waals surface area contributed by atoms with Crippen molar-refractivity contribution >= 4 is 0 Å². The topological polar surface area (TPSA) is 20.2 Å². The molecule has 9 heteroatoms. The highest BCUT2D eigenvalue weighted by molar-refractivity contribution is 5.32. The maximum atomic E-state index is 15.3. The lowest BCUT2D eigenvalue weighted by atomic mass is 9.63. The molecule has 0 aromatic heterocycles. The van der Waals surface area contributed by atoms with Crippen LogP contribution >= 0.6 is 0 Å². The number of hydrogen-bond donors (Lipinski definition) is 1. The van der Waals surface area contributed by atoms with Gasteiger partial charge in [-0.05, 0) is 24.2 Å². The largest absolute Gasteiger partial charge is 0.423 e. The van der Waals surface area contributed by atoms with Crippen molar-refractivity contribution < 1.29 is 40.2 Å². The van der Waals surface area contributed by atoms with E-state index in [0.717, 1.165) is 27.7 Å². The van der Waals surface area contributed by atoms with Crippen LogP contribution < -0.4 is 0 Å². The normalized spacial score (nSPS) is 40.6. The van der Waals surface area contributed by atoms with E-state index in [2.05, 4.69) is 0 Å². The molecule has 2 rings (SSSR count). The lowest BCUT2D eigenvalue weighted by molar-refractivity contribution is -0.408. The Kier molecular flexibility index (Phi) is 3.99. The fourth-order valence-corrected chi connectivity index (χ4v) is 4.32. The average Bonchev–Trinajstić information content (AvgIpc) is 2.96. The number of rotatable bonds is 3. The molecule has 2 fully saturated rings. The van der Waals surface area contributed by atoms with Crippen LogP contribution in [-0.4, -0.2) is 34.4 Å². The maximum absolute atomic E-state index is 15.3. The molecule has 0 radical (unpaired) electrons. The number of halogens is 8. The van der Waals surface area contributed by atoms with E-state index in [1.807, 2.05) is 0 Å². The predicted molar refractivity (Wildman–Crippen MR) is 74.2 cm³/mol. The van der Waals surface area contributed by atoms with E-state index in [0.29, 0.717) is 0 Å². The molecule has 25 heavy (non-hydrogen) atoms. The number of fused-ring (bicyclic) bond motifs is 1. The van der Waals surface area contributed by atoms with Gasteiger partial charge < -0.3 is 5.11 Å². The molecular formula is C16H22F8O. The minimum absolute atomic E-state index is 0.441. The van der Waals surface area contributed by atoms with E-state index in [4.69, 9.17) is 0 Å². The Labute approximate surface area is 140 Å². The molecule has 1 N–H and O–H groups in total. The third kappa shape index (κ3) is 2.04. The highest BCUT2D eigenvalue weighted by atomic mass is 19.4. The summed E-state index contributed by atoms with van der Waals surface area (Å²) in [6.45, 7) is 5.13. The third-order valence-corrected chi connectivity index (χ3v) is 6.64. The minimum atomic E-state index is -5.96. The van der Waals surface area contributed by atoms with Crippen LogP contribution in [0.1, 0.15) is 47.5 Å². The number of hydrogen-bond acceptors (Lipinski definition) is 1. The lowest BCUT2D eigenvalue weighted by Crippen LogP contribution is -2.76. The van der Waals surface area contributed by atoms with Gasteiger partial charge in [0.2, 0.25) is 11.3 Å². The van der Waals surface area contributed by atoms with Gasteiger partial charge in [0, 0.05) is 11.3 Å². The van der Waals surface area contributed by atoms with Crippen molar-refractivity contribution in [3.8, 4) is 0 Å². The zero-order valence-electron chi connectivity index (χ0n) is 14.5. The summed E-state index contributed by atoms with van der Waals surface area (Å²) in [5.41, 5.74) is -13.5. The minimum Gasteiger partial charge on any atom is -0.376 e. The van der Waals surface area contributed by atoms with Gasteiger partial charge in [-0.25, -0.2) is 13.2 Å². The van der Waals surface area contributed by atoms with Gasteiger partial charge in [0.15, 0.2) is 0 Å². The average molecular weight is 382 g/mol. The van der Waals surface area contributed by atoms with Crippen molar-refractivity contribution in [1.82, 2.24) is 0 Å². The second-order valence-electron chi connectivity index (χ2n) is 8.56. The third-order valence-electron chi connectivity index (χ3n) is 6.64. The van der Waals surface area contributed by atoms with Crippen LogP contribution in [0.5, 0.6) is 0 Å². The maximum Gasteiger partial charge on any atom is 0.423 e. The Morgan fingerprint density at radius 1 is 1.00 bits per heavy atom. The van der Waals surface area contributed by atoms with E-state index in [9.17, 15) is 35.8 Å². The molecule has 1 nitrogen and oxygen atoms in total. The van der Waals surface area contributed by atoms with Crippen LogP contribution in [0.15, 0.2) is 0 Å². The Morgan fingerprint density at radius 2 is 1.44 bits per heavy atom. The molecule has 0 aromatic rings. The van der Waals surface area contributed by atoms with Crippen LogP contribution in [0.3, 0.4) is 0 Å². The first-order chi connectivity index (χ1) is 10.8. The van der Waals surface area contributed by atoms with Gasteiger partial charge in [0.25, 0.3) is 5.92 Å². The van der Waals surface area contributed by atoms with Gasteiger partial charge in [0.1, 0.15) is 0 Å². The molecule has 4 unspecified atom stereocenters. The van der Waals surface area contributed by atoms with E-state index < -0.39 is 64.8 Å². The summed E-state index contributed by atoms with van der Waals surface area (Å²) in [7, 11) is 0. The molecular weight excluding hydrogens is 360 g/mol. The smallest absolute Gasteiger partial charge is 0.376 e. The van der Waals surface area contributed by atoms with Gasteiger partial charge in [-0.3, -0.25) is 0 Å². The molecule has 0 bridgehead atoms. The van der Waals surface area contributed by atoms with Crippen LogP contribution in [0.2, 0.25) is 0 Å². The second-order valence-corrected chi connectivity index (χ2v) is 8.56. The molecule has 0 saturated heterocycles. The summed E-state index contributed by atoms with van der Waals surface area (Å²) < 4.78 is 115. The highest BCUT2D eigenvalue weighted by Crippen LogP contribution is 2.78. The second kappa shape index (κ2) is 4.81. The quantitative estimate of drug-likeness (QED) is 0.651. The highest BCUT2D eigenvalue weighted by Gasteiger charge is 2.94. The van der Waals surface area contributed by atoms with Crippen LogP contribution in [0.25, 0.3) is 0 Å².